The molecule has 2 saturated heterocycles. The molecule has 2 aromatic carbocycles. The third-order valence-electron chi connectivity index (χ3n) is 6.05. The molecule has 2 aromatic rings. The molecule has 0 spiro atoms. The molecule has 1 atom stereocenters. The van der Waals surface area contributed by atoms with Crippen molar-refractivity contribution in [3.05, 3.63) is 41.4 Å². The van der Waals surface area contributed by atoms with Gasteiger partial charge in [0.15, 0.2) is 9.84 Å². The summed E-state index contributed by atoms with van der Waals surface area (Å²) in [5, 5.41) is 14.1. The Balaban J connectivity index is 1.38. The molecule has 8 nitrogen and oxygen atoms in total. The van der Waals surface area contributed by atoms with Crippen LogP contribution in [-0.2, 0) is 19.4 Å². The van der Waals surface area contributed by atoms with Gasteiger partial charge in [-0.3, -0.25) is 14.6 Å². The number of sulfone groups is 1. The first kappa shape index (κ1) is 23.0. The zero-order valence-corrected chi connectivity index (χ0v) is 19.1. The molecule has 0 aliphatic carbocycles. The summed E-state index contributed by atoms with van der Waals surface area (Å²) in [4.78, 5) is 26.3. The second kappa shape index (κ2) is 9.35. The number of aliphatic hydroxyl groups excluding tert-OH is 1. The number of likely N-dealkylation sites (tertiary alicyclic amines) is 1. The summed E-state index contributed by atoms with van der Waals surface area (Å²) < 4.78 is 25.7. The van der Waals surface area contributed by atoms with Crippen LogP contribution in [0.3, 0.4) is 0 Å². The Kier molecular flexibility index (Phi) is 6.71. The smallest absolute Gasteiger partial charge is 0.252 e. The fraction of sp³-hybridized carbons (Fsp3) is 0.455. The topological polar surface area (TPSA) is 107 Å². The Morgan fingerprint density at radius 2 is 1.84 bits per heavy atom. The second-order valence-electron chi connectivity index (χ2n) is 8.28. The van der Waals surface area contributed by atoms with Gasteiger partial charge in [-0.15, -0.1) is 0 Å². The van der Waals surface area contributed by atoms with Gasteiger partial charge in [0.2, 0.25) is 5.91 Å². The minimum atomic E-state index is -3.87. The van der Waals surface area contributed by atoms with Gasteiger partial charge in [-0.1, -0.05) is 23.7 Å². The van der Waals surface area contributed by atoms with E-state index in [1.54, 1.807) is 29.3 Å². The van der Waals surface area contributed by atoms with Crippen LogP contribution in [0, 0.1) is 0 Å². The number of carbonyl (C=O) groups excluding carboxylic acids is 2. The van der Waals surface area contributed by atoms with Gasteiger partial charge in [0.05, 0.1) is 16.7 Å². The Bertz CT molecular complexity index is 1130. The van der Waals surface area contributed by atoms with Gasteiger partial charge in [0.1, 0.15) is 6.10 Å². The molecule has 0 saturated carbocycles. The van der Waals surface area contributed by atoms with Crippen LogP contribution in [0.1, 0.15) is 25.7 Å². The number of aliphatic hydroxyl groups is 1. The Morgan fingerprint density at radius 3 is 2.56 bits per heavy atom. The normalized spacial score (nSPS) is 19.4. The van der Waals surface area contributed by atoms with Crippen molar-refractivity contribution in [3.8, 4) is 0 Å². The SMILES string of the molecule is O=C([C@H](O)CS(=O)(=O)c1ccc2cc(Cl)ccc2c1)N1CCC(N2NCCCC2=O)CC1. The van der Waals surface area contributed by atoms with E-state index in [2.05, 4.69) is 5.43 Å². The van der Waals surface area contributed by atoms with Crippen molar-refractivity contribution in [2.75, 3.05) is 25.4 Å². The summed E-state index contributed by atoms with van der Waals surface area (Å²) >= 11 is 5.97. The molecule has 2 amide bonds. The van der Waals surface area contributed by atoms with Crippen molar-refractivity contribution in [2.45, 2.75) is 42.7 Å². The minimum Gasteiger partial charge on any atom is -0.382 e. The van der Waals surface area contributed by atoms with Crippen LogP contribution in [-0.4, -0.2) is 72.8 Å². The van der Waals surface area contributed by atoms with Gasteiger partial charge in [-0.2, -0.15) is 0 Å². The minimum absolute atomic E-state index is 0.00108. The molecule has 0 unspecified atom stereocenters. The van der Waals surface area contributed by atoms with Gasteiger partial charge >= 0.3 is 0 Å². The summed E-state index contributed by atoms with van der Waals surface area (Å²) in [5.74, 6) is -1.22. The number of piperidine rings is 1. The first-order valence-electron chi connectivity index (χ1n) is 10.7. The quantitative estimate of drug-likeness (QED) is 0.676. The number of benzene rings is 2. The lowest BCUT2D eigenvalue weighted by atomic mass is 10.0. The van der Waals surface area contributed by atoms with E-state index in [-0.39, 0.29) is 16.8 Å². The van der Waals surface area contributed by atoms with Gasteiger partial charge in [0, 0.05) is 31.1 Å². The molecule has 0 bridgehead atoms. The van der Waals surface area contributed by atoms with E-state index >= 15 is 0 Å². The molecule has 2 fully saturated rings. The summed E-state index contributed by atoms with van der Waals surface area (Å²) in [7, 11) is -3.87. The Labute approximate surface area is 192 Å². The highest BCUT2D eigenvalue weighted by molar-refractivity contribution is 7.91. The molecule has 4 rings (SSSR count). The Morgan fingerprint density at radius 1 is 1.16 bits per heavy atom. The average Bonchev–Trinajstić information content (AvgIpc) is 2.78. The first-order chi connectivity index (χ1) is 15.2. The zero-order valence-electron chi connectivity index (χ0n) is 17.5. The molecule has 2 N–H and O–H groups in total. The number of fused-ring (bicyclic) bond motifs is 1. The number of amides is 2. The molecular weight excluding hydrogens is 454 g/mol. The van der Waals surface area contributed by atoms with Crippen LogP contribution < -0.4 is 5.43 Å². The second-order valence-corrected chi connectivity index (χ2v) is 10.8. The summed E-state index contributed by atoms with van der Waals surface area (Å²) in [6.07, 6.45) is 0.851. The molecule has 2 aliphatic heterocycles. The van der Waals surface area contributed by atoms with Crippen LogP contribution in [0.25, 0.3) is 10.8 Å². The maximum atomic E-state index is 12.8. The number of hydrogen-bond donors (Lipinski definition) is 2. The maximum absolute atomic E-state index is 12.8. The Hall–Kier alpha value is -2.20. The number of nitrogens with zero attached hydrogens (tertiary/aromatic N) is 2. The summed E-state index contributed by atoms with van der Waals surface area (Å²) in [5.41, 5.74) is 3.11. The predicted octanol–water partition coefficient (Wildman–Crippen LogP) is 1.75. The number of halogens is 1. The van der Waals surface area contributed by atoms with E-state index < -0.39 is 27.6 Å². The van der Waals surface area contributed by atoms with Crippen molar-refractivity contribution >= 4 is 44.0 Å². The number of nitrogens with one attached hydrogen (secondary N) is 1. The van der Waals surface area contributed by atoms with E-state index in [4.69, 9.17) is 11.6 Å². The zero-order chi connectivity index (χ0) is 22.9. The fourth-order valence-corrected chi connectivity index (χ4v) is 5.81. The lowest BCUT2D eigenvalue weighted by molar-refractivity contribution is -0.145. The van der Waals surface area contributed by atoms with Gasteiger partial charge in [-0.05, 0) is 54.3 Å². The van der Waals surface area contributed by atoms with Crippen molar-refractivity contribution in [1.82, 2.24) is 15.3 Å². The van der Waals surface area contributed by atoms with Gasteiger partial charge in [0.25, 0.3) is 5.91 Å². The largest absolute Gasteiger partial charge is 0.382 e. The van der Waals surface area contributed by atoms with E-state index in [0.29, 0.717) is 42.8 Å². The third kappa shape index (κ3) is 4.91. The van der Waals surface area contributed by atoms with Crippen molar-refractivity contribution in [2.24, 2.45) is 0 Å². The van der Waals surface area contributed by atoms with Crippen LogP contribution in [0.15, 0.2) is 41.3 Å². The molecule has 10 heteroatoms. The maximum Gasteiger partial charge on any atom is 0.252 e. The van der Waals surface area contributed by atoms with Crippen LogP contribution in [0.4, 0.5) is 0 Å². The first-order valence-corrected chi connectivity index (χ1v) is 12.7. The van der Waals surface area contributed by atoms with Gasteiger partial charge in [-0.25, -0.2) is 13.8 Å². The lowest BCUT2D eigenvalue weighted by Gasteiger charge is -2.40. The van der Waals surface area contributed by atoms with Crippen LogP contribution in [0.2, 0.25) is 5.02 Å². The molecular formula is C22H26ClN3O5S. The van der Waals surface area contributed by atoms with E-state index in [0.717, 1.165) is 18.4 Å². The molecule has 0 aromatic heterocycles. The highest BCUT2D eigenvalue weighted by Crippen LogP contribution is 2.24. The number of rotatable bonds is 5. The van der Waals surface area contributed by atoms with Gasteiger partial charge < -0.3 is 10.0 Å². The summed E-state index contributed by atoms with van der Waals surface area (Å²) in [6.45, 7) is 1.48. The highest BCUT2D eigenvalue weighted by Gasteiger charge is 2.34. The third-order valence-corrected chi connectivity index (χ3v) is 8.02. The van der Waals surface area contributed by atoms with Crippen LogP contribution >= 0.6 is 11.6 Å². The highest BCUT2D eigenvalue weighted by atomic mass is 35.5. The number of hydrazine groups is 1. The average molecular weight is 480 g/mol. The molecule has 0 radical (unpaired) electrons. The fourth-order valence-electron chi connectivity index (χ4n) is 4.30. The molecule has 32 heavy (non-hydrogen) atoms. The molecule has 2 heterocycles. The van der Waals surface area contributed by atoms with Crippen LogP contribution in [0.5, 0.6) is 0 Å². The van der Waals surface area contributed by atoms with E-state index in [1.807, 2.05) is 0 Å². The lowest BCUT2D eigenvalue weighted by Crippen LogP contribution is -2.57. The summed E-state index contributed by atoms with van der Waals surface area (Å²) in [6, 6.07) is 9.77. The molecule has 2 aliphatic rings. The molecule has 172 valence electrons. The standard InChI is InChI=1S/C22H26ClN3O5S/c23-17-5-3-16-13-19(6-4-15(16)12-17)32(30,31)14-20(27)22(29)25-10-7-18(8-11-25)26-21(28)2-1-9-24-26/h3-6,12-13,18,20,24,27H,1-2,7-11,14H2/t20-/m1/s1. The van der Waals surface area contributed by atoms with E-state index in [1.165, 1.54) is 17.0 Å². The number of hydrogen-bond acceptors (Lipinski definition) is 6. The number of carbonyl (C=O) groups is 2. The monoisotopic (exact) mass is 479 g/mol. The van der Waals surface area contributed by atoms with Crippen molar-refractivity contribution in [3.63, 3.8) is 0 Å². The van der Waals surface area contributed by atoms with E-state index in [9.17, 15) is 23.1 Å². The van der Waals surface area contributed by atoms with Crippen molar-refractivity contribution < 1.29 is 23.1 Å². The van der Waals surface area contributed by atoms with Crippen molar-refractivity contribution in [1.29, 1.82) is 0 Å². The predicted molar refractivity (Wildman–Crippen MR) is 121 cm³/mol.